The molecule has 464 valence electrons. The average Bonchev–Trinajstić information content (AvgIpc) is 3.46. The molecule has 0 aliphatic heterocycles. The predicted molar refractivity (Wildman–Crippen MR) is 348 cm³/mol. The van der Waals surface area contributed by atoms with Crippen molar-refractivity contribution in [3.05, 3.63) is 72.9 Å². The maximum Gasteiger partial charge on any atom is 0.306 e. The average molecular weight is 1120 g/mol. The molecule has 0 amide bonds. The van der Waals surface area contributed by atoms with Crippen LogP contribution in [0.15, 0.2) is 72.9 Å². The SMILES string of the molecule is CCCCCC/C=C\C/C=C\CCCCCCCCCC(=O)OCC(COC(=O)CCCCCCCCCCCCC/C=C\C/C=C\CCCCCCC)OC(=O)CCCCCCCCCCC/C=C\C/C=C\CCCCCCC. The molecule has 0 heterocycles. The van der Waals surface area contributed by atoms with E-state index in [0.29, 0.717) is 19.3 Å². The molecule has 0 aromatic carbocycles. The first-order chi connectivity index (χ1) is 39.5. The lowest BCUT2D eigenvalue weighted by Crippen LogP contribution is -2.30. The maximum atomic E-state index is 13.0. The fourth-order valence-corrected chi connectivity index (χ4v) is 10.1. The van der Waals surface area contributed by atoms with Crippen molar-refractivity contribution < 1.29 is 28.6 Å². The molecule has 1 atom stereocenters. The highest BCUT2D eigenvalue weighted by molar-refractivity contribution is 5.71. The van der Waals surface area contributed by atoms with Gasteiger partial charge in [-0.1, -0.05) is 299 Å². The summed E-state index contributed by atoms with van der Waals surface area (Å²) in [4.78, 5) is 38.5. The van der Waals surface area contributed by atoms with Gasteiger partial charge < -0.3 is 14.2 Å². The maximum absolute atomic E-state index is 13.0. The zero-order valence-electron chi connectivity index (χ0n) is 53.3. The molecule has 0 fully saturated rings. The Kier molecular flexibility index (Phi) is 65.7. The monoisotopic (exact) mass is 1120 g/mol. The zero-order chi connectivity index (χ0) is 57.8. The van der Waals surface area contributed by atoms with Gasteiger partial charge in [-0.05, 0) is 116 Å². The Hall–Kier alpha value is -3.15. The first kappa shape index (κ1) is 76.9. The predicted octanol–water partition coefficient (Wildman–Crippen LogP) is 24.1. The summed E-state index contributed by atoms with van der Waals surface area (Å²) in [7, 11) is 0. The highest BCUT2D eigenvalue weighted by Gasteiger charge is 2.19. The molecule has 6 nitrogen and oxygen atoms in total. The van der Waals surface area contributed by atoms with E-state index in [1.54, 1.807) is 0 Å². The summed E-state index contributed by atoms with van der Waals surface area (Å²) < 4.78 is 17.0. The molecule has 0 bridgehead atoms. The van der Waals surface area contributed by atoms with Crippen molar-refractivity contribution in [1.29, 1.82) is 0 Å². The van der Waals surface area contributed by atoms with E-state index >= 15 is 0 Å². The number of rotatable bonds is 64. The number of unbranched alkanes of at least 4 members (excludes halogenated alkanes) is 41. The minimum Gasteiger partial charge on any atom is -0.462 e. The Morgan fingerprint density at radius 3 is 0.700 bits per heavy atom. The van der Waals surface area contributed by atoms with Crippen LogP contribution in [-0.4, -0.2) is 37.2 Å². The smallest absolute Gasteiger partial charge is 0.306 e. The Labute approximate surface area is 497 Å². The summed E-state index contributed by atoms with van der Waals surface area (Å²) in [6.07, 6.45) is 89.1. The highest BCUT2D eigenvalue weighted by Crippen LogP contribution is 2.17. The van der Waals surface area contributed by atoms with Crippen LogP contribution < -0.4 is 0 Å². The number of hydrogen-bond acceptors (Lipinski definition) is 6. The van der Waals surface area contributed by atoms with Crippen LogP contribution in [0.4, 0.5) is 0 Å². The third-order valence-electron chi connectivity index (χ3n) is 15.4. The minimum absolute atomic E-state index is 0.0789. The molecule has 0 aromatic rings. The van der Waals surface area contributed by atoms with Crippen molar-refractivity contribution in [2.75, 3.05) is 13.2 Å². The lowest BCUT2D eigenvalue weighted by atomic mass is 10.0. The molecule has 0 aromatic heterocycles. The zero-order valence-corrected chi connectivity index (χ0v) is 53.3. The van der Waals surface area contributed by atoms with E-state index in [2.05, 4.69) is 93.7 Å². The second kappa shape index (κ2) is 68.3. The van der Waals surface area contributed by atoms with Gasteiger partial charge in [-0.25, -0.2) is 0 Å². The Morgan fingerprint density at radius 2 is 0.450 bits per heavy atom. The first-order valence-electron chi connectivity index (χ1n) is 34.9. The normalized spacial score (nSPS) is 12.5. The van der Waals surface area contributed by atoms with Crippen LogP contribution in [0.5, 0.6) is 0 Å². The molecule has 0 aliphatic carbocycles. The third kappa shape index (κ3) is 65.7. The van der Waals surface area contributed by atoms with Crippen LogP contribution in [-0.2, 0) is 28.6 Å². The van der Waals surface area contributed by atoms with Gasteiger partial charge >= 0.3 is 17.9 Å². The first-order valence-corrected chi connectivity index (χ1v) is 34.9. The van der Waals surface area contributed by atoms with E-state index in [0.717, 1.165) is 83.5 Å². The largest absolute Gasteiger partial charge is 0.462 e. The lowest BCUT2D eigenvalue weighted by Gasteiger charge is -2.18. The summed E-state index contributed by atoms with van der Waals surface area (Å²) in [6, 6.07) is 0. The van der Waals surface area contributed by atoms with Gasteiger partial charge in [0.05, 0.1) is 0 Å². The van der Waals surface area contributed by atoms with Crippen LogP contribution in [0.1, 0.15) is 361 Å². The van der Waals surface area contributed by atoms with Gasteiger partial charge in [0.2, 0.25) is 0 Å². The fourth-order valence-electron chi connectivity index (χ4n) is 10.1. The van der Waals surface area contributed by atoms with Crippen molar-refractivity contribution in [2.24, 2.45) is 0 Å². The standard InChI is InChI=1S/C74H132O6/c1-4-7-10-13-16-19-22-25-28-31-34-36-37-39-40-43-46-49-52-55-58-61-64-67-73(76)79-70-71(69-78-72(75)66-63-60-57-54-51-48-45-42-33-30-27-24-21-18-15-12-9-6-3)80-74(77)68-65-62-59-56-53-50-47-44-41-38-35-32-29-26-23-20-17-14-11-8-5-2/h21-26,30-35,71H,4-20,27-29,36-70H2,1-3H3/b24-21-,25-22-,26-23-,33-30-,34-31-,35-32-. The number of ether oxygens (including phenoxy) is 3. The van der Waals surface area contributed by atoms with Crippen molar-refractivity contribution in [1.82, 2.24) is 0 Å². The molecular weight excluding hydrogens is 985 g/mol. The summed E-state index contributed by atoms with van der Waals surface area (Å²) in [5, 5.41) is 0. The number of allylic oxidation sites excluding steroid dienone is 12. The molecule has 1 unspecified atom stereocenters. The topological polar surface area (TPSA) is 78.9 Å². The molecule has 0 spiro atoms. The van der Waals surface area contributed by atoms with E-state index in [1.165, 1.54) is 238 Å². The van der Waals surface area contributed by atoms with E-state index in [9.17, 15) is 14.4 Å². The van der Waals surface area contributed by atoms with E-state index in [1.807, 2.05) is 0 Å². The van der Waals surface area contributed by atoms with E-state index in [-0.39, 0.29) is 31.1 Å². The molecule has 0 radical (unpaired) electrons. The molecule has 6 heteroatoms. The third-order valence-corrected chi connectivity index (χ3v) is 15.4. The van der Waals surface area contributed by atoms with Gasteiger partial charge in [-0.3, -0.25) is 14.4 Å². The van der Waals surface area contributed by atoms with Gasteiger partial charge in [0.1, 0.15) is 13.2 Å². The summed E-state index contributed by atoms with van der Waals surface area (Å²) in [5.74, 6) is -0.873. The van der Waals surface area contributed by atoms with Crippen LogP contribution in [0.3, 0.4) is 0 Å². The van der Waals surface area contributed by atoms with Crippen molar-refractivity contribution in [2.45, 2.75) is 367 Å². The Morgan fingerprint density at radius 1 is 0.250 bits per heavy atom. The lowest BCUT2D eigenvalue weighted by molar-refractivity contribution is -0.167. The van der Waals surface area contributed by atoms with Crippen molar-refractivity contribution >= 4 is 17.9 Å². The fraction of sp³-hybridized carbons (Fsp3) is 0.797. The molecule has 80 heavy (non-hydrogen) atoms. The molecular formula is C74H132O6. The Balaban J connectivity index is 4.37. The number of carbonyl (C=O) groups excluding carboxylic acids is 3. The van der Waals surface area contributed by atoms with Gasteiger partial charge in [0.25, 0.3) is 0 Å². The van der Waals surface area contributed by atoms with Crippen LogP contribution in [0.25, 0.3) is 0 Å². The molecule has 0 N–H and O–H groups in total. The number of carbonyl (C=O) groups is 3. The Bertz CT molecular complexity index is 1470. The number of hydrogen-bond donors (Lipinski definition) is 0. The quantitative estimate of drug-likeness (QED) is 0.0261. The van der Waals surface area contributed by atoms with E-state index in [4.69, 9.17) is 14.2 Å². The van der Waals surface area contributed by atoms with Gasteiger partial charge in [-0.2, -0.15) is 0 Å². The van der Waals surface area contributed by atoms with Crippen molar-refractivity contribution in [3.63, 3.8) is 0 Å². The molecule has 0 saturated heterocycles. The highest BCUT2D eigenvalue weighted by atomic mass is 16.6. The minimum atomic E-state index is -0.784. The summed E-state index contributed by atoms with van der Waals surface area (Å²) in [6.45, 7) is 6.64. The van der Waals surface area contributed by atoms with Crippen LogP contribution in [0.2, 0.25) is 0 Å². The second-order valence-corrected chi connectivity index (χ2v) is 23.4. The molecule has 0 saturated carbocycles. The van der Waals surface area contributed by atoms with Crippen molar-refractivity contribution in [3.8, 4) is 0 Å². The summed E-state index contributed by atoms with van der Waals surface area (Å²) in [5.41, 5.74) is 0. The van der Waals surface area contributed by atoms with E-state index < -0.39 is 6.10 Å². The number of esters is 3. The van der Waals surface area contributed by atoms with Crippen LogP contribution in [0, 0.1) is 0 Å². The molecule has 0 aliphatic rings. The van der Waals surface area contributed by atoms with Crippen LogP contribution >= 0.6 is 0 Å². The second-order valence-electron chi connectivity index (χ2n) is 23.4. The summed E-state index contributed by atoms with van der Waals surface area (Å²) >= 11 is 0. The van der Waals surface area contributed by atoms with Gasteiger partial charge in [0.15, 0.2) is 6.10 Å². The van der Waals surface area contributed by atoms with Gasteiger partial charge in [0, 0.05) is 19.3 Å². The molecule has 0 rings (SSSR count). The van der Waals surface area contributed by atoms with Gasteiger partial charge in [-0.15, -0.1) is 0 Å².